The van der Waals surface area contributed by atoms with Crippen LogP contribution in [0.4, 0.5) is 0 Å². The van der Waals surface area contributed by atoms with E-state index in [1.54, 1.807) is 6.07 Å². The molecule has 2 N–H and O–H groups in total. The van der Waals surface area contributed by atoms with Gasteiger partial charge in [0, 0.05) is 12.8 Å². The minimum absolute atomic E-state index is 0.0367. The first kappa shape index (κ1) is 13.7. The summed E-state index contributed by atoms with van der Waals surface area (Å²) in [6.07, 6.45) is -0.0423. The van der Waals surface area contributed by atoms with E-state index < -0.39 is 17.9 Å². The minimum atomic E-state index is -1.19. The van der Waals surface area contributed by atoms with Gasteiger partial charge in [0.1, 0.15) is 11.3 Å². The summed E-state index contributed by atoms with van der Waals surface area (Å²) in [7, 11) is 0. The van der Waals surface area contributed by atoms with Gasteiger partial charge in [-0.25, -0.2) is 4.79 Å². The van der Waals surface area contributed by atoms with E-state index in [4.69, 9.17) is 14.9 Å². The first-order valence-electron chi connectivity index (χ1n) is 5.25. The molecule has 1 rings (SSSR count). The number of para-hydroxylation sites is 1. The lowest BCUT2D eigenvalue weighted by Crippen LogP contribution is -2.11. The second kappa shape index (κ2) is 6.39. The van der Waals surface area contributed by atoms with Crippen LogP contribution in [0.5, 0.6) is 5.75 Å². The molecule has 6 heteroatoms. The molecular formula is C12H12O6. The number of ether oxygens (including phenoxy) is 1. The number of rotatable bonds is 6. The summed E-state index contributed by atoms with van der Waals surface area (Å²) >= 11 is 0. The third-order valence-corrected chi connectivity index (χ3v) is 2.11. The SMILES string of the molecule is O=C(O)CCCC(=O)Oc1ccccc1C(=O)O. The summed E-state index contributed by atoms with van der Waals surface area (Å²) in [4.78, 5) is 32.5. The Balaban J connectivity index is 2.59. The van der Waals surface area contributed by atoms with Crippen LogP contribution in [-0.4, -0.2) is 28.1 Å². The van der Waals surface area contributed by atoms with Crippen molar-refractivity contribution in [2.45, 2.75) is 19.3 Å². The maximum Gasteiger partial charge on any atom is 0.339 e. The fourth-order valence-electron chi connectivity index (χ4n) is 1.29. The fourth-order valence-corrected chi connectivity index (χ4v) is 1.29. The summed E-state index contributed by atoms with van der Waals surface area (Å²) in [5.74, 6) is -2.87. The average molecular weight is 252 g/mol. The Bertz CT molecular complexity index is 465. The monoisotopic (exact) mass is 252 g/mol. The molecule has 1 aromatic carbocycles. The minimum Gasteiger partial charge on any atom is -0.481 e. The summed E-state index contributed by atoms with van der Waals surface area (Å²) in [5.41, 5.74) is -0.107. The number of carbonyl (C=O) groups excluding carboxylic acids is 1. The van der Waals surface area contributed by atoms with Gasteiger partial charge in [0.05, 0.1) is 0 Å². The second-order valence-corrected chi connectivity index (χ2v) is 3.52. The highest BCUT2D eigenvalue weighted by Gasteiger charge is 2.13. The molecule has 0 aliphatic rings. The Morgan fingerprint density at radius 3 is 2.33 bits per heavy atom. The number of hydrogen-bond donors (Lipinski definition) is 2. The Kier molecular flexibility index (Phi) is 4.86. The predicted octanol–water partition coefficient (Wildman–Crippen LogP) is 1.55. The van der Waals surface area contributed by atoms with Gasteiger partial charge in [-0.1, -0.05) is 12.1 Å². The van der Waals surface area contributed by atoms with Crippen molar-refractivity contribution in [2.75, 3.05) is 0 Å². The number of aliphatic carboxylic acids is 1. The Labute approximate surface area is 103 Å². The van der Waals surface area contributed by atoms with Gasteiger partial charge < -0.3 is 14.9 Å². The maximum absolute atomic E-state index is 11.4. The highest BCUT2D eigenvalue weighted by atomic mass is 16.5. The molecule has 0 aromatic heterocycles. The molecule has 0 saturated heterocycles. The van der Waals surface area contributed by atoms with Crippen LogP contribution in [0.2, 0.25) is 0 Å². The number of hydrogen-bond acceptors (Lipinski definition) is 4. The molecule has 1 aromatic rings. The van der Waals surface area contributed by atoms with Crippen molar-refractivity contribution in [3.63, 3.8) is 0 Å². The van der Waals surface area contributed by atoms with Crippen LogP contribution in [0.3, 0.4) is 0 Å². The van der Waals surface area contributed by atoms with Gasteiger partial charge in [0.2, 0.25) is 0 Å². The number of benzene rings is 1. The average Bonchev–Trinajstić information content (AvgIpc) is 2.28. The van der Waals surface area contributed by atoms with Crippen LogP contribution in [0.25, 0.3) is 0 Å². The summed E-state index contributed by atoms with van der Waals surface area (Å²) in [6, 6.07) is 5.76. The molecule has 0 saturated carbocycles. The molecule has 0 radical (unpaired) electrons. The van der Waals surface area contributed by atoms with E-state index in [1.165, 1.54) is 18.2 Å². The van der Waals surface area contributed by atoms with E-state index in [0.717, 1.165) is 0 Å². The molecule has 0 bridgehead atoms. The van der Waals surface area contributed by atoms with Crippen LogP contribution in [-0.2, 0) is 9.59 Å². The van der Waals surface area contributed by atoms with Crippen LogP contribution in [0.1, 0.15) is 29.6 Å². The number of esters is 1. The van der Waals surface area contributed by atoms with Crippen LogP contribution in [0, 0.1) is 0 Å². The summed E-state index contributed by atoms with van der Waals surface area (Å²) < 4.78 is 4.88. The first-order chi connectivity index (χ1) is 8.50. The van der Waals surface area contributed by atoms with Gasteiger partial charge in [-0.15, -0.1) is 0 Å². The van der Waals surface area contributed by atoms with E-state index in [9.17, 15) is 14.4 Å². The first-order valence-corrected chi connectivity index (χ1v) is 5.25. The number of aromatic carboxylic acids is 1. The molecule has 0 spiro atoms. The van der Waals surface area contributed by atoms with Crippen molar-refractivity contribution < 1.29 is 29.3 Å². The largest absolute Gasteiger partial charge is 0.481 e. The zero-order valence-electron chi connectivity index (χ0n) is 9.46. The van der Waals surface area contributed by atoms with Crippen LogP contribution in [0.15, 0.2) is 24.3 Å². The molecule has 96 valence electrons. The van der Waals surface area contributed by atoms with E-state index in [0.29, 0.717) is 0 Å². The Hall–Kier alpha value is -2.37. The third kappa shape index (κ3) is 4.25. The molecule has 0 aliphatic carbocycles. The molecule has 0 aliphatic heterocycles. The van der Waals surface area contributed by atoms with E-state index in [-0.39, 0.29) is 30.6 Å². The number of carboxylic acid groups (broad SMARTS) is 2. The van der Waals surface area contributed by atoms with Crippen molar-refractivity contribution in [1.29, 1.82) is 0 Å². The molecule has 0 atom stereocenters. The third-order valence-electron chi connectivity index (χ3n) is 2.11. The molecule has 0 amide bonds. The van der Waals surface area contributed by atoms with Crippen molar-refractivity contribution in [3.8, 4) is 5.75 Å². The van der Waals surface area contributed by atoms with E-state index >= 15 is 0 Å². The molecule has 0 heterocycles. The van der Waals surface area contributed by atoms with Crippen molar-refractivity contribution >= 4 is 17.9 Å². The van der Waals surface area contributed by atoms with Gasteiger partial charge in [-0.2, -0.15) is 0 Å². The molecule has 0 fully saturated rings. The van der Waals surface area contributed by atoms with Gasteiger partial charge in [-0.05, 0) is 18.6 Å². The van der Waals surface area contributed by atoms with E-state index in [2.05, 4.69) is 0 Å². The molecular weight excluding hydrogens is 240 g/mol. The lowest BCUT2D eigenvalue weighted by atomic mass is 10.2. The van der Waals surface area contributed by atoms with E-state index in [1.807, 2.05) is 0 Å². The normalized spacial score (nSPS) is 9.78. The van der Waals surface area contributed by atoms with Gasteiger partial charge >= 0.3 is 17.9 Å². The zero-order chi connectivity index (χ0) is 13.5. The highest BCUT2D eigenvalue weighted by molar-refractivity contribution is 5.91. The lowest BCUT2D eigenvalue weighted by molar-refractivity contribution is -0.137. The van der Waals surface area contributed by atoms with Gasteiger partial charge in [-0.3, -0.25) is 9.59 Å². The molecule has 6 nitrogen and oxygen atoms in total. The fraction of sp³-hybridized carbons (Fsp3) is 0.250. The quantitative estimate of drug-likeness (QED) is 0.588. The van der Waals surface area contributed by atoms with Crippen molar-refractivity contribution in [1.82, 2.24) is 0 Å². The maximum atomic E-state index is 11.4. The highest BCUT2D eigenvalue weighted by Crippen LogP contribution is 2.18. The molecule has 18 heavy (non-hydrogen) atoms. The number of carbonyl (C=O) groups is 3. The van der Waals surface area contributed by atoms with Crippen LogP contribution < -0.4 is 4.74 Å². The predicted molar refractivity (Wildman–Crippen MR) is 60.5 cm³/mol. The Morgan fingerprint density at radius 1 is 1.06 bits per heavy atom. The van der Waals surface area contributed by atoms with Crippen molar-refractivity contribution in [2.24, 2.45) is 0 Å². The van der Waals surface area contributed by atoms with Crippen molar-refractivity contribution in [3.05, 3.63) is 29.8 Å². The zero-order valence-corrected chi connectivity index (χ0v) is 9.46. The summed E-state index contributed by atoms with van der Waals surface area (Å²) in [6.45, 7) is 0. The summed E-state index contributed by atoms with van der Waals surface area (Å²) in [5, 5.41) is 17.3. The standard InChI is InChI=1S/C12H12O6/c13-10(14)6-3-7-11(15)18-9-5-2-1-4-8(9)12(16)17/h1-2,4-5H,3,6-7H2,(H,13,14)(H,16,17). The number of carboxylic acids is 2. The Morgan fingerprint density at radius 2 is 1.72 bits per heavy atom. The lowest BCUT2D eigenvalue weighted by Gasteiger charge is -2.06. The van der Waals surface area contributed by atoms with Gasteiger partial charge in [0.25, 0.3) is 0 Å². The second-order valence-electron chi connectivity index (χ2n) is 3.52. The van der Waals surface area contributed by atoms with Crippen LogP contribution >= 0.6 is 0 Å². The topological polar surface area (TPSA) is 101 Å². The van der Waals surface area contributed by atoms with Gasteiger partial charge in [0.15, 0.2) is 0 Å². The smallest absolute Gasteiger partial charge is 0.339 e. The molecule has 0 unspecified atom stereocenters.